The van der Waals surface area contributed by atoms with Gasteiger partial charge in [-0.2, -0.15) is 0 Å². The van der Waals surface area contributed by atoms with Crippen molar-refractivity contribution in [3.63, 3.8) is 0 Å². The van der Waals surface area contributed by atoms with Crippen LogP contribution in [0.3, 0.4) is 0 Å². The summed E-state index contributed by atoms with van der Waals surface area (Å²) in [5.41, 5.74) is 1.18. The SMILES string of the molecule is CN=C(COCc1ccccc1)S/C(C)=C\NC. The fourth-order valence-electron chi connectivity index (χ4n) is 1.39. The van der Waals surface area contributed by atoms with E-state index in [0.717, 1.165) is 5.04 Å². The molecule has 98 valence electrons. The minimum Gasteiger partial charge on any atom is -0.393 e. The molecule has 0 bridgehead atoms. The molecule has 0 aliphatic rings. The highest BCUT2D eigenvalue weighted by Gasteiger charge is 2.02. The summed E-state index contributed by atoms with van der Waals surface area (Å²) in [5.74, 6) is 0. The molecule has 1 aromatic rings. The predicted molar refractivity (Wildman–Crippen MR) is 79.9 cm³/mol. The molecule has 0 fully saturated rings. The van der Waals surface area contributed by atoms with E-state index in [-0.39, 0.29) is 0 Å². The highest BCUT2D eigenvalue weighted by molar-refractivity contribution is 8.17. The highest BCUT2D eigenvalue weighted by Crippen LogP contribution is 2.16. The van der Waals surface area contributed by atoms with E-state index < -0.39 is 0 Å². The first-order valence-corrected chi connectivity index (χ1v) is 6.67. The van der Waals surface area contributed by atoms with Crippen LogP contribution in [0.25, 0.3) is 0 Å². The molecule has 18 heavy (non-hydrogen) atoms. The zero-order valence-corrected chi connectivity index (χ0v) is 12.0. The van der Waals surface area contributed by atoms with Crippen molar-refractivity contribution in [3.8, 4) is 0 Å². The minimum atomic E-state index is 0.547. The van der Waals surface area contributed by atoms with E-state index in [1.807, 2.05) is 38.4 Å². The van der Waals surface area contributed by atoms with Crippen LogP contribution >= 0.6 is 11.8 Å². The standard InChI is InChI=1S/C14H20N2OS/c1-12(9-15-2)18-14(16-3)11-17-10-13-7-5-4-6-8-13/h4-9,15H,10-11H2,1-3H3/b12-9-,16-14?. The van der Waals surface area contributed by atoms with E-state index in [1.165, 1.54) is 10.5 Å². The molecule has 1 aromatic carbocycles. The molecule has 1 rings (SSSR count). The number of hydrogen-bond donors (Lipinski definition) is 1. The summed E-state index contributed by atoms with van der Waals surface area (Å²) in [4.78, 5) is 5.40. The van der Waals surface area contributed by atoms with Crippen molar-refractivity contribution in [1.82, 2.24) is 5.32 Å². The molecule has 3 nitrogen and oxygen atoms in total. The van der Waals surface area contributed by atoms with Crippen LogP contribution in [0, 0.1) is 0 Å². The first kappa shape index (κ1) is 14.8. The highest BCUT2D eigenvalue weighted by atomic mass is 32.2. The minimum absolute atomic E-state index is 0.547. The quantitative estimate of drug-likeness (QED) is 0.633. The van der Waals surface area contributed by atoms with E-state index in [1.54, 1.807) is 18.8 Å². The van der Waals surface area contributed by atoms with Gasteiger partial charge in [0.2, 0.25) is 0 Å². The molecule has 0 aliphatic heterocycles. The number of hydrogen-bond acceptors (Lipinski definition) is 4. The Morgan fingerprint density at radius 1 is 1.39 bits per heavy atom. The molecule has 0 heterocycles. The number of thioether (sulfide) groups is 1. The van der Waals surface area contributed by atoms with Crippen LogP contribution in [0.2, 0.25) is 0 Å². The summed E-state index contributed by atoms with van der Waals surface area (Å²) >= 11 is 1.63. The maximum absolute atomic E-state index is 5.65. The average molecular weight is 264 g/mol. The Morgan fingerprint density at radius 2 is 2.11 bits per heavy atom. The summed E-state index contributed by atoms with van der Waals surface area (Å²) in [5, 5.41) is 3.98. The van der Waals surface area contributed by atoms with Gasteiger partial charge >= 0.3 is 0 Å². The summed E-state index contributed by atoms with van der Waals surface area (Å²) < 4.78 is 5.65. The number of ether oxygens (including phenoxy) is 1. The molecular formula is C14H20N2OS. The molecule has 1 N–H and O–H groups in total. The lowest BCUT2D eigenvalue weighted by Crippen LogP contribution is -2.06. The van der Waals surface area contributed by atoms with Gasteiger partial charge in [0, 0.05) is 25.2 Å². The zero-order valence-electron chi connectivity index (χ0n) is 11.1. The Bertz CT molecular complexity index is 402. The lowest BCUT2D eigenvalue weighted by atomic mass is 10.2. The van der Waals surface area contributed by atoms with Crippen LogP contribution in [-0.4, -0.2) is 25.7 Å². The third kappa shape index (κ3) is 5.89. The average Bonchev–Trinajstić information content (AvgIpc) is 2.39. The monoisotopic (exact) mass is 264 g/mol. The van der Waals surface area contributed by atoms with E-state index >= 15 is 0 Å². The number of aliphatic imine (C=N–C) groups is 1. The van der Waals surface area contributed by atoms with E-state index in [9.17, 15) is 0 Å². The molecule has 0 saturated carbocycles. The number of rotatable bonds is 6. The predicted octanol–water partition coefficient (Wildman–Crippen LogP) is 3.05. The van der Waals surface area contributed by atoms with Gasteiger partial charge in [-0.1, -0.05) is 42.1 Å². The molecule has 4 heteroatoms. The smallest absolute Gasteiger partial charge is 0.0975 e. The zero-order chi connectivity index (χ0) is 13.2. The van der Waals surface area contributed by atoms with Crippen molar-refractivity contribution < 1.29 is 4.74 Å². The Hall–Kier alpha value is -1.26. The van der Waals surface area contributed by atoms with Crippen LogP contribution in [0.1, 0.15) is 12.5 Å². The molecule has 0 aliphatic carbocycles. The fraction of sp³-hybridized carbons (Fsp3) is 0.357. The van der Waals surface area contributed by atoms with E-state index in [4.69, 9.17) is 4.74 Å². The molecule has 0 aromatic heterocycles. The maximum atomic E-state index is 5.65. The van der Waals surface area contributed by atoms with Gasteiger partial charge in [0.1, 0.15) is 0 Å². The number of allylic oxidation sites excluding steroid dienone is 1. The normalized spacial score (nSPS) is 12.6. The molecule has 0 unspecified atom stereocenters. The van der Waals surface area contributed by atoms with Gasteiger partial charge in [-0.25, -0.2) is 0 Å². The lowest BCUT2D eigenvalue weighted by Gasteiger charge is -2.07. The first-order chi connectivity index (χ1) is 8.76. The number of nitrogens with zero attached hydrogens (tertiary/aromatic N) is 1. The van der Waals surface area contributed by atoms with Crippen LogP contribution in [0.4, 0.5) is 0 Å². The summed E-state index contributed by atoms with van der Waals surface area (Å²) in [7, 11) is 3.68. The van der Waals surface area contributed by atoms with Gasteiger partial charge in [-0.3, -0.25) is 4.99 Å². The van der Waals surface area contributed by atoms with Crippen LogP contribution in [0.15, 0.2) is 46.4 Å². The van der Waals surface area contributed by atoms with Crippen molar-refractivity contribution in [1.29, 1.82) is 0 Å². The van der Waals surface area contributed by atoms with Gasteiger partial charge in [-0.15, -0.1) is 0 Å². The van der Waals surface area contributed by atoms with Gasteiger partial charge in [-0.05, 0) is 12.5 Å². The third-order valence-corrected chi connectivity index (χ3v) is 3.19. The van der Waals surface area contributed by atoms with Crippen LogP contribution < -0.4 is 5.32 Å². The fourth-order valence-corrected chi connectivity index (χ4v) is 2.17. The van der Waals surface area contributed by atoms with Crippen molar-refractivity contribution in [2.75, 3.05) is 20.7 Å². The Balaban J connectivity index is 2.35. The molecule has 0 atom stereocenters. The Labute approximate surface area is 113 Å². The lowest BCUT2D eigenvalue weighted by molar-refractivity contribution is 0.159. The van der Waals surface area contributed by atoms with Crippen LogP contribution in [0.5, 0.6) is 0 Å². The summed E-state index contributed by atoms with van der Waals surface area (Å²) in [6.45, 7) is 3.21. The molecule has 0 spiro atoms. The van der Waals surface area contributed by atoms with Crippen LogP contribution in [-0.2, 0) is 11.3 Å². The van der Waals surface area contributed by atoms with E-state index in [0.29, 0.717) is 13.2 Å². The third-order valence-electron chi connectivity index (χ3n) is 2.21. The topological polar surface area (TPSA) is 33.6 Å². The summed E-state index contributed by atoms with van der Waals surface area (Å²) in [6.07, 6.45) is 1.95. The van der Waals surface area contributed by atoms with Crippen molar-refractivity contribution in [2.45, 2.75) is 13.5 Å². The van der Waals surface area contributed by atoms with Gasteiger partial charge < -0.3 is 10.1 Å². The number of benzene rings is 1. The second-order valence-corrected chi connectivity index (χ2v) is 5.06. The van der Waals surface area contributed by atoms with E-state index in [2.05, 4.69) is 22.4 Å². The second kappa shape index (κ2) is 8.78. The first-order valence-electron chi connectivity index (χ1n) is 5.85. The van der Waals surface area contributed by atoms with Gasteiger partial charge in [0.25, 0.3) is 0 Å². The van der Waals surface area contributed by atoms with Gasteiger partial charge in [0.05, 0.1) is 18.3 Å². The maximum Gasteiger partial charge on any atom is 0.0975 e. The molecule has 0 amide bonds. The van der Waals surface area contributed by atoms with Crippen molar-refractivity contribution in [3.05, 3.63) is 47.0 Å². The molecule has 0 saturated heterocycles. The van der Waals surface area contributed by atoms with Gasteiger partial charge in [0.15, 0.2) is 0 Å². The Kier molecular flexibility index (Phi) is 7.22. The Morgan fingerprint density at radius 3 is 2.72 bits per heavy atom. The molecular weight excluding hydrogens is 244 g/mol. The summed E-state index contributed by atoms with van der Waals surface area (Å²) in [6, 6.07) is 10.2. The van der Waals surface area contributed by atoms with Crippen molar-refractivity contribution in [2.24, 2.45) is 4.99 Å². The second-order valence-electron chi connectivity index (χ2n) is 3.74. The number of nitrogens with one attached hydrogen (secondary N) is 1. The molecule has 0 radical (unpaired) electrons. The largest absolute Gasteiger partial charge is 0.393 e. The van der Waals surface area contributed by atoms with Crippen molar-refractivity contribution >= 4 is 16.8 Å².